The molecule has 1 aliphatic heterocycles. The Bertz CT molecular complexity index is 1090. The number of aliphatic hydroxyl groups excluding tert-OH is 1. The van der Waals surface area contributed by atoms with Crippen molar-refractivity contribution in [1.29, 1.82) is 0 Å². The Balaban J connectivity index is 1.22. The van der Waals surface area contributed by atoms with E-state index in [0.717, 1.165) is 43.6 Å². The summed E-state index contributed by atoms with van der Waals surface area (Å²) >= 11 is 0. The Labute approximate surface area is 193 Å². The average molecular weight is 479 g/mol. The lowest BCUT2D eigenvalue weighted by Crippen LogP contribution is -2.35. The molecule has 2 aliphatic rings. The fourth-order valence-electron chi connectivity index (χ4n) is 4.13. The number of phenols is 1. The van der Waals surface area contributed by atoms with Gasteiger partial charge in [0.15, 0.2) is 11.5 Å². The molecule has 0 radical (unpaired) electrons. The summed E-state index contributed by atoms with van der Waals surface area (Å²) in [6.07, 6.45) is 3.27. The van der Waals surface area contributed by atoms with E-state index in [0.29, 0.717) is 31.4 Å². The number of fused-ring (bicyclic) bond motifs is 2. The molecule has 0 saturated heterocycles. The molecule has 2 aromatic rings. The second-order valence-corrected chi connectivity index (χ2v) is 10.3. The van der Waals surface area contributed by atoms with Crippen molar-refractivity contribution in [2.45, 2.75) is 25.4 Å². The summed E-state index contributed by atoms with van der Waals surface area (Å²) in [7, 11) is -3.53. The van der Waals surface area contributed by atoms with Crippen LogP contribution in [-0.2, 0) is 22.9 Å². The molecular weight excluding hydrogens is 448 g/mol. The van der Waals surface area contributed by atoms with E-state index in [2.05, 4.69) is 22.2 Å². The lowest BCUT2D eigenvalue weighted by atomic mass is 9.83. The van der Waals surface area contributed by atoms with Crippen molar-refractivity contribution >= 4 is 15.7 Å². The molecule has 2 aromatic carbocycles. The lowest BCUT2D eigenvalue weighted by Gasteiger charge is -2.28. The molecule has 1 aliphatic carbocycles. The first kappa shape index (κ1) is 23.5. The number of phenolic OH excluding ortho intramolecular Hbond substituents is 1. The molecule has 180 valence electrons. The fraction of sp³-hybridized carbons (Fsp3) is 0.478. The van der Waals surface area contributed by atoms with Gasteiger partial charge >= 0.3 is 0 Å². The number of sulfonamides is 1. The number of hydrogen-bond acceptors (Lipinski definition) is 8. The molecule has 0 aromatic heterocycles. The maximum atomic E-state index is 11.4. The highest BCUT2D eigenvalue weighted by Gasteiger charge is 2.23. The molecule has 1 unspecified atom stereocenters. The highest BCUT2D eigenvalue weighted by Crippen LogP contribution is 2.37. The van der Waals surface area contributed by atoms with Crippen LogP contribution in [0.2, 0.25) is 0 Å². The quantitative estimate of drug-likeness (QED) is 0.401. The molecule has 4 N–H and O–H groups in total. The predicted octanol–water partition coefficient (Wildman–Crippen LogP) is 1.67. The van der Waals surface area contributed by atoms with Crippen LogP contribution in [0.1, 0.15) is 17.5 Å². The SMILES string of the molecule is CS(=O)(=O)Nc1cc(OC[C@@H](O)CNCC2CCc3cc4c(cc3C2)OCCO4)ccc1O. The minimum atomic E-state index is -3.53. The molecule has 0 bridgehead atoms. The van der Waals surface area contributed by atoms with Gasteiger partial charge in [0.1, 0.15) is 37.4 Å². The van der Waals surface area contributed by atoms with E-state index in [4.69, 9.17) is 14.2 Å². The highest BCUT2D eigenvalue weighted by molar-refractivity contribution is 7.92. The molecule has 0 spiro atoms. The third-order valence-electron chi connectivity index (χ3n) is 5.71. The fourth-order valence-corrected chi connectivity index (χ4v) is 4.70. The first-order valence-corrected chi connectivity index (χ1v) is 12.9. The van der Waals surface area contributed by atoms with Crippen molar-refractivity contribution in [3.05, 3.63) is 41.5 Å². The third-order valence-corrected chi connectivity index (χ3v) is 6.30. The number of hydrogen-bond donors (Lipinski definition) is 4. The van der Waals surface area contributed by atoms with Gasteiger partial charge in [-0.15, -0.1) is 0 Å². The Morgan fingerprint density at radius 3 is 2.61 bits per heavy atom. The van der Waals surface area contributed by atoms with Gasteiger partial charge in [0, 0.05) is 12.6 Å². The number of ether oxygens (including phenoxy) is 3. The predicted molar refractivity (Wildman–Crippen MR) is 124 cm³/mol. The standard InChI is InChI=1S/C23H30N2O7S/c1-33(28,29)25-20-11-19(4-5-21(20)27)32-14-18(26)13-24-12-15-2-3-16-9-22-23(10-17(16)8-15)31-7-6-30-22/h4-5,9-11,15,18,24-27H,2-3,6-8,12-14H2,1H3/t15?,18-/m0/s1. The zero-order valence-electron chi connectivity index (χ0n) is 18.5. The molecule has 33 heavy (non-hydrogen) atoms. The van der Waals surface area contributed by atoms with Crippen LogP contribution in [0.3, 0.4) is 0 Å². The van der Waals surface area contributed by atoms with Crippen molar-refractivity contribution in [2.75, 3.05) is 43.9 Å². The van der Waals surface area contributed by atoms with Gasteiger partial charge in [-0.3, -0.25) is 4.72 Å². The average Bonchev–Trinajstić information content (AvgIpc) is 2.77. The molecule has 10 heteroatoms. The zero-order chi connectivity index (χ0) is 23.4. The first-order chi connectivity index (χ1) is 15.8. The summed E-state index contributed by atoms with van der Waals surface area (Å²) in [6.45, 7) is 2.36. The zero-order valence-corrected chi connectivity index (χ0v) is 19.4. The lowest BCUT2D eigenvalue weighted by molar-refractivity contribution is 0.105. The van der Waals surface area contributed by atoms with Crippen molar-refractivity contribution in [3.63, 3.8) is 0 Å². The van der Waals surface area contributed by atoms with Crippen molar-refractivity contribution in [1.82, 2.24) is 5.32 Å². The van der Waals surface area contributed by atoms with Crippen LogP contribution < -0.4 is 24.2 Å². The van der Waals surface area contributed by atoms with Gasteiger partial charge in [-0.05, 0) is 67.1 Å². The van der Waals surface area contributed by atoms with E-state index in [1.54, 1.807) is 0 Å². The first-order valence-electron chi connectivity index (χ1n) is 11.0. The van der Waals surface area contributed by atoms with Crippen LogP contribution >= 0.6 is 0 Å². The Morgan fingerprint density at radius 1 is 1.15 bits per heavy atom. The summed E-state index contributed by atoms with van der Waals surface area (Å²) in [5.41, 5.74) is 2.65. The number of benzene rings is 2. The molecule has 0 saturated carbocycles. The van der Waals surface area contributed by atoms with E-state index in [1.807, 2.05) is 0 Å². The number of aryl methyl sites for hydroxylation is 1. The van der Waals surface area contributed by atoms with E-state index in [1.165, 1.54) is 29.3 Å². The van der Waals surface area contributed by atoms with Gasteiger partial charge in [-0.2, -0.15) is 0 Å². The number of nitrogens with one attached hydrogen (secondary N) is 2. The van der Waals surface area contributed by atoms with Crippen LogP contribution in [0.5, 0.6) is 23.0 Å². The number of aliphatic hydroxyl groups is 1. The second kappa shape index (κ2) is 10.1. The number of aromatic hydroxyl groups is 1. The van der Waals surface area contributed by atoms with E-state index in [-0.39, 0.29) is 18.0 Å². The summed E-state index contributed by atoms with van der Waals surface area (Å²) in [5.74, 6) is 2.27. The summed E-state index contributed by atoms with van der Waals surface area (Å²) in [6, 6.07) is 8.43. The maximum absolute atomic E-state index is 11.4. The monoisotopic (exact) mass is 478 g/mol. The van der Waals surface area contributed by atoms with Crippen LogP contribution in [0.4, 0.5) is 5.69 Å². The summed E-state index contributed by atoms with van der Waals surface area (Å²) in [4.78, 5) is 0. The van der Waals surface area contributed by atoms with Crippen LogP contribution in [0, 0.1) is 5.92 Å². The minimum Gasteiger partial charge on any atom is -0.506 e. The molecule has 0 fully saturated rings. The van der Waals surface area contributed by atoms with E-state index >= 15 is 0 Å². The van der Waals surface area contributed by atoms with Gasteiger partial charge in [-0.25, -0.2) is 8.42 Å². The topological polar surface area (TPSA) is 126 Å². The third kappa shape index (κ3) is 6.43. The van der Waals surface area contributed by atoms with Gasteiger partial charge < -0.3 is 29.7 Å². The van der Waals surface area contributed by atoms with Gasteiger partial charge in [0.2, 0.25) is 10.0 Å². The molecule has 9 nitrogen and oxygen atoms in total. The van der Waals surface area contributed by atoms with Gasteiger partial charge in [0.05, 0.1) is 11.9 Å². The normalized spacial score (nSPS) is 18.3. The van der Waals surface area contributed by atoms with Crippen molar-refractivity contribution < 1.29 is 32.8 Å². The Hall–Kier alpha value is -2.69. The Kier molecular flexibility index (Phi) is 7.16. The maximum Gasteiger partial charge on any atom is 0.229 e. The highest BCUT2D eigenvalue weighted by atomic mass is 32.2. The van der Waals surface area contributed by atoms with Gasteiger partial charge in [-0.1, -0.05) is 0 Å². The van der Waals surface area contributed by atoms with E-state index in [9.17, 15) is 18.6 Å². The second-order valence-electron chi connectivity index (χ2n) is 8.55. The molecule has 4 rings (SSSR count). The molecule has 0 amide bonds. The number of anilines is 1. The van der Waals surface area contributed by atoms with Gasteiger partial charge in [0.25, 0.3) is 0 Å². The Morgan fingerprint density at radius 2 is 1.88 bits per heavy atom. The largest absolute Gasteiger partial charge is 0.506 e. The smallest absolute Gasteiger partial charge is 0.229 e. The minimum absolute atomic E-state index is 0.0263. The molecule has 2 atom stereocenters. The summed E-state index contributed by atoms with van der Waals surface area (Å²) < 4.78 is 41.9. The van der Waals surface area contributed by atoms with Crippen molar-refractivity contribution in [2.24, 2.45) is 5.92 Å². The molecular formula is C23H30N2O7S. The number of rotatable bonds is 9. The molecule has 1 heterocycles. The van der Waals surface area contributed by atoms with Crippen LogP contribution in [0.15, 0.2) is 30.3 Å². The summed E-state index contributed by atoms with van der Waals surface area (Å²) in [5, 5.41) is 23.4. The van der Waals surface area contributed by atoms with Crippen LogP contribution in [-0.4, -0.2) is 63.9 Å². The van der Waals surface area contributed by atoms with Crippen molar-refractivity contribution in [3.8, 4) is 23.0 Å². The van der Waals surface area contributed by atoms with E-state index < -0.39 is 16.1 Å². The van der Waals surface area contributed by atoms with Crippen LogP contribution in [0.25, 0.3) is 0 Å².